The number of aryl methyl sites for hydroxylation is 1. The molecular formula is C15H22ClNO3S. The number of benzene rings is 1. The Morgan fingerprint density at radius 1 is 1.29 bits per heavy atom. The molecule has 0 heterocycles. The molecule has 6 heteroatoms. The molecule has 0 bridgehead atoms. The van der Waals surface area contributed by atoms with Crippen LogP contribution in [0.25, 0.3) is 0 Å². The van der Waals surface area contributed by atoms with Gasteiger partial charge in [0, 0.05) is 23.1 Å². The third-order valence-electron chi connectivity index (χ3n) is 3.32. The fourth-order valence-electron chi connectivity index (χ4n) is 2.06. The first-order chi connectivity index (χ1) is 9.84. The van der Waals surface area contributed by atoms with E-state index in [0.717, 1.165) is 31.2 Å². The minimum absolute atomic E-state index is 0.0585. The molecule has 0 saturated carbocycles. The lowest BCUT2D eigenvalue weighted by Gasteiger charge is -2.11. The maximum absolute atomic E-state index is 11.7. The monoisotopic (exact) mass is 331 g/mol. The molecule has 0 spiro atoms. The van der Waals surface area contributed by atoms with Crippen molar-refractivity contribution >= 4 is 25.6 Å². The Bertz CT molecular complexity index is 555. The van der Waals surface area contributed by atoms with Crippen LogP contribution in [0.15, 0.2) is 29.2 Å². The van der Waals surface area contributed by atoms with Crippen LogP contribution >= 0.6 is 10.7 Å². The van der Waals surface area contributed by atoms with Crippen LogP contribution < -0.4 is 5.32 Å². The molecule has 0 aromatic heterocycles. The quantitative estimate of drug-likeness (QED) is 0.588. The molecule has 0 saturated heterocycles. The minimum atomic E-state index is -3.66. The van der Waals surface area contributed by atoms with Crippen molar-refractivity contribution in [3.05, 3.63) is 29.8 Å². The van der Waals surface area contributed by atoms with Crippen molar-refractivity contribution in [3.63, 3.8) is 0 Å². The molecular weight excluding hydrogens is 310 g/mol. The smallest absolute Gasteiger partial charge is 0.261 e. The van der Waals surface area contributed by atoms with Crippen LogP contribution in [0.2, 0.25) is 0 Å². The lowest BCUT2D eigenvalue weighted by atomic mass is 10.1. The maximum Gasteiger partial charge on any atom is 0.261 e. The highest BCUT2D eigenvalue weighted by Crippen LogP contribution is 2.15. The van der Waals surface area contributed by atoms with E-state index < -0.39 is 9.05 Å². The van der Waals surface area contributed by atoms with Gasteiger partial charge in [-0.1, -0.05) is 32.4 Å². The predicted octanol–water partition coefficient (Wildman–Crippen LogP) is 3.10. The molecule has 0 radical (unpaired) electrons. The zero-order chi connectivity index (χ0) is 15.9. The van der Waals surface area contributed by atoms with Crippen LogP contribution in [0, 0.1) is 5.92 Å². The van der Waals surface area contributed by atoms with E-state index in [0.29, 0.717) is 6.54 Å². The molecule has 0 aliphatic heterocycles. The summed E-state index contributed by atoms with van der Waals surface area (Å²) < 4.78 is 22.2. The second-order valence-corrected chi connectivity index (χ2v) is 7.73. The molecule has 1 aromatic rings. The largest absolute Gasteiger partial charge is 0.356 e. The summed E-state index contributed by atoms with van der Waals surface area (Å²) in [5.41, 5.74) is 1.02. The van der Waals surface area contributed by atoms with E-state index >= 15 is 0 Å². The molecule has 1 aromatic carbocycles. The standard InChI is InChI=1S/C15H22ClNO3S/c1-3-5-12(2)15(18)17-11-4-6-13-7-9-14(10-8-13)21(16,19)20/h7-10,12H,3-6,11H2,1-2H3,(H,17,18). The van der Waals surface area contributed by atoms with E-state index in [4.69, 9.17) is 10.7 Å². The summed E-state index contributed by atoms with van der Waals surface area (Å²) in [7, 11) is 1.60. The second kappa shape index (κ2) is 8.39. The zero-order valence-electron chi connectivity index (χ0n) is 12.4. The first-order valence-corrected chi connectivity index (χ1v) is 9.47. The molecule has 0 aliphatic carbocycles. The summed E-state index contributed by atoms with van der Waals surface area (Å²) in [5, 5.41) is 2.92. The van der Waals surface area contributed by atoms with Gasteiger partial charge in [0.15, 0.2) is 0 Å². The van der Waals surface area contributed by atoms with Gasteiger partial charge in [0.25, 0.3) is 9.05 Å². The summed E-state index contributed by atoms with van der Waals surface area (Å²) in [5.74, 6) is 0.156. The van der Waals surface area contributed by atoms with E-state index in [-0.39, 0.29) is 16.7 Å². The first-order valence-electron chi connectivity index (χ1n) is 7.16. The van der Waals surface area contributed by atoms with Gasteiger partial charge in [-0.15, -0.1) is 0 Å². The fourth-order valence-corrected chi connectivity index (χ4v) is 2.83. The number of amides is 1. The molecule has 0 aliphatic rings. The maximum atomic E-state index is 11.7. The summed E-state index contributed by atoms with van der Waals surface area (Å²) in [4.78, 5) is 11.8. The SMILES string of the molecule is CCCC(C)C(=O)NCCCc1ccc(S(=O)(=O)Cl)cc1. The summed E-state index contributed by atoms with van der Waals surface area (Å²) in [6.45, 7) is 4.63. The van der Waals surface area contributed by atoms with Crippen LogP contribution in [-0.4, -0.2) is 20.9 Å². The summed E-state index contributed by atoms with van der Waals surface area (Å²) in [6.07, 6.45) is 3.51. The Hall–Kier alpha value is -1.07. The third-order valence-corrected chi connectivity index (χ3v) is 4.69. The summed E-state index contributed by atoms with van der Waals surface area (Å²) in [6, 6.07) is 6.49. The van der Waals surface area contributed by atoms with Gasteiger partial charge < -0.3 is 5.32 Å². The number of halogens is 1. The van der Waals surface area contributed by atoms with Crippen LogP contribution in [0.1, 0.15) is 38.7 Å². The Balaban J connectivity index is 2.35. The lowest BCUT2D eigenvalue weighted by Crippen LogP contribution is -2.30. The van der Waals surface area contributed by atoms with Crippen LogP contribution in [-0.2, 0) is 20.3 Å². The topological polar surface area (TPSA) is 63.2 Å². The number of nitrogens with one attached hydrogen (secondary N) is 1. The van der Waals surface area contributed by atoms with Crippen molar-refractivity contribution in [1.82, 2.24) is 5.32 Å². The van der Waals surface area contributed by atoms with Crippen molar-refractivity contribution in [1.29, 1.82) is 0 Å². The number of carbonyl (C=O) groups is 1. The average Bonchev–Trinajstić information content (AvgIpc) is 2.43. The zero-order valence-corrected chi connectivity index (χ0v) is 14.0. The van der Waals surface area contributed by atoms with E-state index in [9.17, 15) is 13.2 Å². The van der Waals surface area contributed by atoms with Crippen LogP contribution in [0.5, 0.6) is 0 Å². The van der Waals surface area contributed by atoms with E-state index in [2.05, 4.69) is 12.2 Å². The van der Waals surface area contributed by atoms with E-state index in [1.54, 1.807) is 12.1 Å². The Morgan fingerprint density at radius 3 is 2.43 bits per heavy atom. The molecule has 1 unspecified atom stereocenters. The summed E-state index contributed by atoms with van der Waals surface area (Å²) >= 11 is 0. The predicted molar refractivity (Wildman–Crippen MR) is 84.9 cm³/mol. The number of rotatable bonds is 8. The van der Waals surface area contributed by atoms with Crippen LogP contribution in [0.4, 0.5) is 0 Å². The normalized spacial score (nSPS) is 12.9. The third kappa shape index (κ3) is 6.48. The van der Waals surface area contributed by atoms with Crippen molar-refractivity contribution in [2.45, 2.75) is 44.4 Å². The molecule has 1 N–H and O–H groups in total. The molecule has 4 nitrogen and oxygen atoms in total. The molecule has 1 atom stereocenters. The van der Waals surface area contributed by atoms with Crippen LogP contribution in [0.3, 0.4) is 0 Å². The van der Waals surface area contributed by atoms with E-state index in [1.807, 2.05) is 6.92 Å². The molecule has 0 fully saturated rings. The first kappa shape index (κ1) is 18.0. The fraction of sp³-hybridized carbons (Fsp3) is 0.533. The van der Waals surface area contributed by atoms with Gasteiger partial charge in [0.1, 0.15) is 0 Å². The highest BCUT2D eigenvalue weighted by atomic mass is 35.7. The molecule has 21 heavy (non-hydrogen) atoms. The Kier molecular flexibility index (Phi) is 7.18. The number of hydrogen-bond acceptors (Lipinski definition) is 3. The Labute approximate surface area is 131 Å². The highest BCUT2D eigenvalue weighted by Gasteiger charge is 2.11. The van der Waals surface area contributed by atoms with Gasteiger partial charge in [0.05, 0.1) is 4.90 Å². The van der Waals surface area contributed by atoms with Crippen molar-refractivity contribution in [3.8, 4) is 0 Å². The lowest BCUT2D eigenvalue weighted by molar-refractivity contribution is -0.124. The second-order valence-electron chi connectivity index (χ2n) is 5.17. The molecule has 1 amide bonds. The van der Waals surface area contributed by atoms with Crippen molar-refractivity contribution < 1.29 is 13.2 Å². The van der Waals surface area contributed by atoms with E-state index in [1.165, 1.54) is 12.1 Å². The minimum Gasteiger partial charge on any atom is -0.356 e. The average molecular weight is 332 g/mol. The number of hydrogen-bond donors (Lipinski definition) is 1. The van der Waals surface area contributed by atoms with Crippen molar-refractivity contribution in [2.75, 3.05) is 6.54 Å². The van der Waals surface area contributed by atoms with Gasteiger partial charge >= 0.3 is 0 Å². The van der Waals surface area contributed by atoms with Gasteiger partial charge in [0.2, 0.25) is 5.91 Å². The van der Waals surface area contributed by atoms with Gasteiger partial charge in [-0.25, -0.2) is 8.42 Å². The van der Waals surface area contributed by atoms with Gasteiger partial charge in [-0.3, -0.25) is 4.79 Å². The van der Waals surface area contributed by atoms with Gasteiger partial charge in [-0.2, -0.15) is 0 Å². The number of carbonyl (C=O) groups excluding carboxylic acids is 1. The van der Waals surface area contributed by atoms with Crippen molar-refractivity contribution in [2.24, 2.45) is 5.92 Å². The highest BCUT2D eigenvalue weighted by molar-refractivity contribution is 8.13. The molecule has 118 valence electrons. The molecule has 1 rings (SSSR count). The van der Waals surface area contributed by atoms with Gasteiger partial charge in [-0.05, 0) is 37.0 Å². The Morgan fingerprint density at radius 2 is 1.90 bits per heavy atom.